The topological polar surface area (TPSA) is 76.0 Å². The van der Waals surface area contributed by atoms with E-state index in [2.05, 4.69) is 0 Å². The molecule has 5 nitrogen and oxygen atoms in total. The van der Waals surface area contributed by atoms with Gasteiger partial charge in [-0.15, -0.1) is 0 Å². The van der Waals surface area contributed by atoms with E-state index >= 15 is 0 Å². The Kier molecular flexibility index (Phi) is 10.4. The standard InChI is InChI=1S/C10H11FO2.C8H7FO.C2H6O2/c1-7-2-3-8(11)6-9(7)10-12-4-5-13-10;1-6-2-3-8(9)4-7(6)5-10;3-1-2-4/h2-3,6,10H,4-5H2,1H3;2-5H,1H3;3-4H,1-2H2. The highest BCUT2D eigenvalue weighted by Gasteiger charge is 2.20. The molecule has 7 heteroatoms. The van der Waals surface area contributed by atoms with Crippen molar-refractivity contribution >= 4 is 6.29 Å². The Morgan fingerprint density at radius 1 is 0.963 bits per heavy atom. The van der Waals surface area contributed by atoms with E-state index in [1.54, 1.807) is 19.1 Å². The van der Waals surface area contributed by atoms with Crippen LogP contribution in [-0.2, 0) is 9.47 Å². The molecule has 2 aromatic rings. The lowest BCUT2D eigenvalue weighted by Gasteiger charge is -2.11. The highest BCUT2D eigenvalue weighted by atomic mass is 19.1. The summed E-state index contributed by atoms with van der Waals surface area (Å²) in [5, 5.41) is 15.2. The van der Waals surface area contributed by atoms with Gasteiger partial charge in [-0.25, -0.2) is 8.78 Å². The molecule has 0 radical (unpaired) electrons. The Bertz CT molecular complexity index is 714. The fourth-order valence-electron chi connectivity index (χ4n) is 2.14. The molecule has 27 heavy (non-hydrogen) atoms. The molecular weight excluding hydrogens is 358 g/mol. The number of aliphatic hydroxyl groups is 2. The van der Waals surface area contributed by atoms with Gasteiger partial charge in [-0.3, -0.25) is 4.79 Å². The molecule has 0 aromatic heterocycles. The fraction of sp³-hybridized carbons (Fsp3) is 0.350. The third-order valence-corrected chi connectivity index (χ3v) is 3.59. The monoisotopic (exact) mass is 382 g/mol. The zero-order chi connectivity index (χ0) is 20.2. The average Bonchev–Trinajstić information content (AvgIpc) is 3.21. The summed E-state index contributed by atoms with van der Waals surface area (Å²) in [5.74, 6) is -0.618. The number of aliphatic hydroxyl groups excluding tert-OH is 2. The zero-order valence-corrected chi connectivity index (χ0v) is 15.3. The normalized spacial score (nSPS) is 13.3. The summed E-state index contributed by atoms with van der Waals surface area (Å²) in [6.45, 7) is 4.60. The molecule has 0 amide bonds. The van der Waals surface area contributed by atoms with Crippen LogP contribution in [0.1, 0.15) is 33.3 Å². The number of carbonyl (C=O) groups is 1. The number of carbonyl (C=O) groups excluding carboxylic acids is 1. The lowest BCUT2D eigenvalue weighted by Crippen LogP contribution is -2.01. The van der Waals surface area contributed by atoms with E-state index in [1.807, 2.05) is 6.92 Å². The molecule has 1 heterocycles. The van der Waals surface area contributed by atoms with Crippen LogP contribution in [0.25, 0.3) is 0 Å². The van der Waals surface area contributed by atoms with Gasteiger partial charge in [-0.1, -0.05) is 12.1 Å². The van der Waals surface area contributed by atoms with E-state index in [0.29, 0.717) is 25.1 Å². The number of halogens is 2. The van der Waals surface area contributed by atoms with Gasteiger partial charge in [-0.2, -0.15) is 0 Å². The molecule has 0 aliphatic carbocycles. The van der Waals surface area contributed by atoms with Crippen LogP contribution in [0.4, 0.5) is 8.78 Å². The quantitative estimate of drug-likeness (QED) is 0.798. The van der Waals surface area contributed by atoms with Gasteiger partial charge in [0.2, 0.25) is 0 Å². The van der Waals surface area contributed by atoms with Crippen molar-refractivity contribution < 1.29 is 33.3 Å². The Morgan fingerprint density at radius 3 is 1.96 bits per heavy atom. The molecule has 1 aliphatic heterocycles. The average molecular weight is 382 g/mol. The Morgan fingerprint density at radius 2 is 1.48 bits per heavy atom. The van der Waals surface area contributed by atoms with Crippen LogP contribution in [0.5, 0.6) is 0 Å². The van der Waals surface area contributed by atoms with Crippen molar-refractivity contribution in [1.82, 2.24) is 0 Å². The molecular formula is C20H24F2O5. The highest BCUT2D eigenvalue weighted by molar-refractivity contribution is 5.76. The molecule has 1 fully saturated rings. The number of aryl methyl sites for hydroxylation is 2. The van der Waals surface area contributed by atoms with Crippen molar-refractivity contribution in [2.75, 3.05) is 26.4 Å². The van der Waals surface area contributed by atoms with Crippen molar-refractivity contribution in [2.45, 2.75) is 20.1 Å². The Labute approximate surface area is 157 Å². The molecule has 0 saturated carbocycles. The van der Waals surface area contributed by atoms with Crippen LogP contribution in [0.15, 0.2) is 36.4 Å². The number of benzene rings is 2. The molecule has 148 valence electrons. The van der Waals surface area contributed by atoms with Gasteiger partial charge < -0.3 is 19.7 Å². The second-order valence-corrected chi connectivity index (χ2v) is 5.64. The number of ether oxygens (including phenoxy) is 2. The van der Waals surface area contributed by atoms with Crippen LogP contribution in [0.3, 0.4) is 0 Å². The molecule has 0 unspecified atom stereocenters. The van der Waals surface area contributed by atoms with Gasteiger partial charge >= 0.3 is 0 Å². The van der Waals surface area contributed by atoms with E-state index in [0.717, 1.165) is 16.7 Å². The van der Waals surface area contributed by atoms with Crippen molar-refractivity contribution in [2.24, 2.45) is 0 Å². The van der Waals surface area contributed by atoms with E-state index < -0.39 is 0 Å². The summed E-state index contributed by atoms with van der Waals surface area (Å²) in [6, 6.07) is 8.78. The SMILES string of the molecule is Cc1ccc(F)cc1C1OCCO1.Cc1ccc(F)cc1C=O.OCCO. The maximum absolute atomic E-state index is 12.9. The summed E-state index contributed by atoms with van der Waals surface area (Å²) in [7, 11) is 0. The molecule has 1 saturated heterocycles. The lowest BCUT2D eigenvalue weighted by atomic mass is 10.1. The smallest absolute Gasteiger partial charge is 0.184 e. The molecule has 0 spiro atoms. The van der Waals surface area contributed by atoms with Crippen molar-refractivity contribution in [3.05, 3.63) is 70.3 Å². The van der Waals surface area contributed by atoms with Crippen LogP contribution < -0.4 is 0 Å². The second-order valence-electron chi connectivity index (χ2n) is 5.64. The Hall–Kier alpha value is -2.19. The third-order valence-electron chi connectivity index (χ3n) is 3.59. The van der Waals surface area contributed by atoms with Gasteiger partial charge in [0.1, 0.15) is 17.9 Å². The first-order valence-corrected chi connectivity index (χ1v) is 8.35. The minimum atomic E-state index is -0.379. The third kappa shape index (κ3) is 7.92. The predicted octanol–water partition coefficient (Wildman–Crippen LogP) is 3.10. The first-order valence-electron chi connectivity index (χ1n) is 8.35. The van der Waals surface area contributed by atoms with Crippen LogP contribution in [0, 0.1) is 25.5 Å². The molecule has 1 aliphatic rings. The number of rotatable bonds is 3. The van der Waals surface area contributed by atoms with Gasteiger partial charge in [0, 0.05) is 11.1 Å². The minimum Gasteiger partial charge on any atom is -0.394 e. The lowest BCUT2D eigenvalue weighted by molar-refractivity contribution is -0.0447. The van der Waals surface area contributed by atoms with Crippen LogP contribution >= 0.6 is 0 Å². The highest BCUT2D eigenvalue weighted by Crippen LogP contribution is 2.26. The van der Waals surface area contributed by atoms with Crippen molar-refractivity contribution in [3.8, 4) is 0 Å². The zero-order valence-electron chi connectivity index (χ0n) is 15.3. The summed E-state index contributed by atoms with van der Waals surface area (Å²) >= 11 is 0. The summed E-state index contributed by atoms with van der Waals surface area (Å²) in [4.78, 5) is 10.2. The molecule has 2 aromatic carbocycles. The molecule has 3 rings (SSSR count). The van der Waals surface area contributed by atoms with Crippen LogP contribution in [-0.4, -0.2) is 42.9 Å². The molecule has 0 atom stereocenters. The second kappa shape index (κ2) is 12.2. The maximum atomic E-state index is 12.9. The first kappa shape index (κ1) is 22.9. The van der Waals surface area contributed by atoms with Crippen molar-refractivity contribution in [1.29, 1.82) is 0 Å². The van der Waals surface area contributed by atoms with Gasteiger partial charge in [0.15, 0.2) is 6.29 Å². The summed E-state index contributed by atoms with van der Waals surface area (Å²) < 4.78 is 35.8. The summed E-state index contributed by atoms with van der Waals surface area (Å²) in [5.41, 5.74) is 3.00. The van der Waals surface area contributed by atoms with E-state index in [-0.39, 0.29) is 31.1 Å². The minimum absolute atomic E-state index is 0.125. The van der Waals surface area contributed by atoms with Gasteiger partial charge in [0.05, 0.1) is 26.4 Å². The largest absolute Gasteiger partial charge is 0.394 e. The van der Waals surface area contributed by atoms with E-state index in [1.165, 1.54) is 24.3 Å². The van der Waals surface area contributed by atoms with Crippen molar-refractivity contribution in [3.63, 3.8) is 0 Å². The van der Waals surface area contributed by atoms with E-state index in [9.17, 15) is 13.6 Å². The predicted molar refractivity (Wildman–Crippen MR) is 96.5 cm³/mol. The molecule has 2 N–H and O–H groups in total. The number of aldehydes is 1. The summed E-state index contributed by atoms with van der Waals surface area (Å²) in [6.07, 6.45) is 0.272. The Balaban J connectivity index is 0.000000232. The number of hydrogen-bond acceptors (Lipinski definition) is 5. The van der Waals surface area contributed by atoms with Gasteiger partial charge in [0.25, 0.3) is 0 Å². The van der Waals surface area contributed by atoms with Crippen LogP contribution in [0.2, 0.25) is 0 Å². The van der Waals surface area contributed by atoms with E-state index in [4.69, 9.17) is 19.7 Å². The fourth-order valence-corrected chi connectivity index (χ4v) is 2.14. The first-order chi connectivity index (χ1) is 12.9. The number of hydrogen-bond donors (Lipinski definition) is 2. The molecule has 0 bridgehead atoms. The van der Waals surface area contributed by atoms with Gasteiger partial charge in [-0.05, 0) is 49.2 Å². The maximum Gasteiger partial charge on any atom is 0.184 e.